The molecule has 17 nitrogen and oxygen atoms in total. The summed E-state index contributed by atoms with van der Waals surface area (Å²) in [4.78, 5) is 8.38. The first-order valence-corrected chi connectivity index (χ1v) is 43.5. The molecule has 8 heterocycles. The van der Waals surface area contributed by atoms with Crippen LogP contribution in [0.2, 0.25) is 0 Å². The maximum atomic E-state index is 15.3. The quantitative estimate of drug-likeness (QED) is 0.0371. The Morgan fingerprint density at radius 2 is 1.31 bits per heavy atom. The molecular weight excluding hydrogens is 2380 g/mol. The number of anilines is 2. The van der Waals surface area contributed by atoms with E-state index in [1.807, 2.05) is 131 Å². The smallest absolute Gasteiger partial charge is 0.811 e. The Labute approximate surface area is 821 Å². The third-order valence-corrected chi connectivity index (χ3v) is 23.5. The third-order valence-electron chi connectivity index (χ3n) is 22.6. The largest absolute Gasteiger partial charge is 3.00 e. The number of halogens is 2. The molecule has 4 unspecified atom stereocenters. The molecule has 2 aliphatic rings. The molecule has 8 aromatic carbocycles. The van der Waals surface area contributed by atoms with E-state index in [0.717, 1.165) is 142 Å². The van der Waals surface area contributed by atoms with E-state index >= 15 is 8.78 Å². The number of alkyl halides is 2. The normalized spacial score (nSPS) is 13.5. The second kappa shape index (κ2) is 48.1. The number of hydrogen-bond donors (Lipinski definition) is 2. The molecule has 0 spiro atoms. The van der Waals surface area contributed by atoms with Crippen molar-refractivity contribution < 1.29 is 121 Å². The molecular formula is C103H108F2Ir2N14NiO3Pt2S-3. The van der Waals surface area contributed by atoms with Gasteiger partial charge in [-0.15, -0.1) is 52.0 Å². The number of hydrogen-bond acceptors (Lipinski definition) is 12. The summed E-state index contributed by atoms with van der Waals surface area (Å²) in [5, 5.41) is 49.2. The Morgan fingerprint density at radius 3 is 1.98 bits per heavy atom. The molecule has 1 radical (unpaired) electrons. The van der Waals surface area contributed by atoms with Crippen LogP contribution in [0.1, 0.15) is 223 Å². The predicted molar refractivity (Wildman–Crippen MR) is 497 cm³/mol. The number of nitrogens with one attached hydrogen (secondary N) is 2. The maximum absolute atomic E-state index is 15.3. The Bertz CT molecular complexity index is 6260. The molecule has 8 aromatic heterocycles. The Hall–Kier alpha value is -9.25. The van der Waals surface area contributed by atoms with Crippen LogP contribution in [0.4, 0.5) is 20.3 Å². The second-order valence-electron chi connectivity index (χ2n) is 34.2. The van der Waals surface area contributed by atoms with E-state index in [4.69, 9.17) is 24.1 Å². The monoisotopic (exact) mass is 2490 g/mol. The van der Waals surface area contributed by atoms with Crippen molar-refractivity contribution in [2.24, 2.45) is 16.7 Å². The van der Waals surface area contributed by atoms with Gasteiger partial charge in [-0.2, -0.15) is 93.5 Å². The van der Waals surface area contributed by atoms with Crippen LogP contribution in [0.5, 0.6) is 0 Å². The fourth-order valence-electron chi connectivity index (χ4n) is 15.2. The van der Waals surface area contributed by atoms with Gasteiger partial charge >= 0.3 is 36.6 Å². The van der Waals surface area contributed by atoms with Crippen LogP contribution in [-0.2, 0) is 118 Å². The Morgan fingerprint density at radius 1 is 0.633 bits per heavy atom. The van der Waals surface area contributed by atoms with Crippen LogP contribution < -0.4 is 10.6 Å². The summed E-state index contributed by atoms with van der Waals surface area (Å²) < 4.78 is 55.8. The molecule has 0 saturated heterocycles. The zero-order valence-corrected chi connectivity index (χ0v) is 85.5. The van der Waals surface area contributed by atoms with Gasteiger partial charge in [-0.1, -0.05) is 205 Å². The van der Waals surface area contributed by atoms with Crippen molar-refractivity contribution in [3.63, 3.8) is 0 Å². The van der Waals surface area contributed by atoms with Crippen LogP contribution in [-0.4, -0.2) is 61.5 Å². The van der Waals surface area contributed by atoms with E-state index in [9.17, 15) is 0 Å². The molecule has 1 fully saturated rings. The summed E-state index contributed by atoms with van der Waals surface area (Å²) in [6, 6.07) is 64.4. The van der Waals surface area contributed by atoms with Gasteiger partial charge in [0.2, 0.25) is 0 Å². The minimum Gasteiger partial charge on any atom is -0.811 e. The molecule has 0 bridgehead atoms. The fourth-order valence-corrected chi connectivity index (χ4v) is 16.1. The number of furan rings is 1. The van der Waals surface area contributed by atoms with Gasteiger partial charge in [-0.3, -0.25) is 35.0 Å². The molecule has 1 saturated carbocycles. The molecule has 0 amide bonds. The van der Waals surface area contributed by atoms with E-state index in [-0.39, 0.29) is 127 Å². The van der Waals surface area contributed by atoms with Crippen LogP contribution in [0.25, 0.3) is 98.7 Å². The van der Waals surface area contributed by atoms with Crippen molar-refractivity contribution in [1.82, 2.24) is 49.1 Å². The molecule has 25 heteroatoms. The standard InChI is InChI=1S/C26H27F2N2.C23H25N2S.C15H10N2O.C14H14N3O.C14H17N2.C11H15N3O.2Ir.Ni.2Pt/c1-3-17(2)19-8-10-22-23-16-20(9-11-24(23)26(27,28)25(22)15-19)30-21(12-13-29-30)14-18-6-4-5-7-18;1-5-15(3)17-7-8-19-13-24-25(21(19)11-17)22-14-26-23-12-18(16(4)6-2)9-10-20(22)23;16-9-4-10-17-13-7-3-6-12-11-5-1-2-8-14(11)18-15(12)13;1-3-10(2)14-16-12-6-5-11(9-13(12)18-14)17-8-4-7-15-17;1-14(2,3)11-13-9-10-15-16(13)12-7-5-4-6-8-12;1-11(2,3)6-9(4-5-12)14-10-7-15-8-13-10;;;;;/h8,10-13,15-18H,3-7,14H2,1-2H3;7-13,15-16H,5-6H2,1-4H3;1-6,8-10,17H;4,6-10H,3H2,1-2H3;4-7,9-10H,11H2,1-3H3;4-5,8,14H,6H2,1-3H3;;;;;/q2*-1;-2;2*-1;-2;;+3;+2;;/b;;10-4-;;;9-4-;;;;;. The van der Waals surface area contributed by atoms with Gasteiger partial charge < -0.3 is 39.7 Å². The number of nitrogens with zero attached hydrogens (tertiary/aromatic N) is 12. The van der Waals surface area contributed by atoms with Gasteiger partial charge in [0, 0.05) is 144 Å². The van der Waals surface area contributed by atoms with Gasteiger partial charge in [0.05, 0.1) is 17.5 Å². The van der Waals surface area contributed by atoms with Gasteiger partial charge in [0.25, 0.3) is 5.92 Å². The summed E-state index contributed by atoms with van der Waals surface area (Å²) in [7, 11) is 0. The van der Waals surface area contributed by atoms with Crippen molar-refractivity contribution in [1.29, 1.82) is 0 Å². The van der Waals surface area contributed by atoms with E-state index in [1.54, 1.807) is 46.8 Å². The predicted octanol–water partition coefficient (Wildman–Crippen LogP) is 27.5. The van der Waals surface area contributed by atoms with Crippen molar-refractivity contribution in [3.05, 3.63) is 311 Å². The number of oxazole rings is 2. The average molecular weight is 2490 g/mol. The topological polar surface area (TPSA) is 205 Å². The zero-order chi connectivity index (χ0) is 87.0. The summed E-state index contributed by atoms with van der Waals surface area (Å²) >= 11 is 1.69. The minimum absolute atomic E-state index is 0. The fraction of sp³-hybridized carbons (Fsp3) is 0.320. The molecule has 16 aromatic rings. The first kappa shape index (κ1) is 104. The van der Waals surface area contributed by atoms with Crippen molar-refractivity contribution >= 4 is 89.3 Å². The SMILES string of the molecule is CC(C)(C)C/C(=C/C=[N-])Nc1[c-]ocn1.CC(C)(C)Cc1ccnn1-c1[c-]cccc1.CCC(C)c1ccc2c(-n3ncc4ccc(C(C)CC)cc43)[c-]sc2c1.CCC(C)c1ccc2c(c1)C(F)(F)c1c[c-]c(-n3nccc3CC3CCCC3)cc1-2.CCC(C)c1nc2c[c-]c(-n3cccn3)cc2o1.[Ir+3].[Ir].[N-]=C/C=C\Nc1[c-]ccc2c1oc1ccccc12.[Ni+2].[Pt].[Pt]. The van der Waals surface area contributed by atoms with Gasteiger partial charge in [0.1, 0.15) is 5.58 Å². The zero-order valence-electron chi connectivity index (χ0n) is 74.4. The number of para-hydroxylation sites is 2. The van der Waals surface area contributed by atoms with Crippen LogP contribution in [0, 0.1) is 52.7 Å². The summed E-state index contributed by atoms with van der Waals surface area (Å²) in [6.45, 7) is 30.5. The van der Waals surface area contributed by atoms with Crippen molar-refractivity contribution in [3.8, 4) is 33.9 Å². The number of rotatable bonds is 22. The van der Waals surface area contributed by atoms with E-state index in [2.05, 4.69) is 221 Å². The molecule has 18 rings (SSSR count). The molecule has 679 valence electrons. The first-order chi connectivity index (χ1) is 59.3. The summed E-state index contributed by atoms with van der Waals surface area (Å²) in [5.41, 5.74) is 17.6. The van der Waals surface area contributed by atoms with E-state index < -0.39 is 5.92 Å². The Balaban J connectivity index is 0.000000192. The van der Waals surface area contributed by atoms with Gasteiger partial charge in [-0.05, 0) is 179 Å². The number of benzene rings is 8. The second-order valence-corrected chi connectivity index (χ2v) is 35.0. The molecule has 2 N–H and O–H groups in total. The van der Waals surface area contributed by atoms with Crippen LogP contribution >= 0.6 is 11.3 Å². The van der Waals surface area contributed by atoms with E-state index in [0.29, 0.717) is 40.6 Å². The number of fused-ring (bicyclic) bond motifs is 9. The first-order valence-electron chi connectivity index (χ1n) is 42.7. The Kier molecular flexibility index (Phi) is 39.1. The molecule has 0 aliphatic heterocycles. The van der Waals surface area contributed by atoms with Gasteiger partial charge in [-0.25, -0.2) is 8.78 Å². The van der Waals surface area contributed by atoms with Crippen LogP contribution in [0.15, 0.2) is 232 Å². The maximum Gasteiger partial charge on any atom is 3.00 e. The average Bonchev–Trinajstić information content (AvgIpc) is 1.58. The van der Waals surface area contributed by atoms with Crippen molar-refractivity contribution in [2.45, 2.75) is 197 Å². The minimum atomic E-state index is -2.99. The van der Waals surface area contributed by atoms with Crippen molar-refractivity contribution in [2.75, 3.05) is 10.6 Å². The van der Waals surface area contributed by atoms with E-state index in [1.165, 1.54) is 82.0 Å². The number of aromatic nitrogens is 10. The molecule has 128 heavy (non-hydrogen) atoms. The van der Waals surface area contributed by atoms with Crippen LogP contribution in [0.3, 0.4) is 0 Å². The van der Waals surface area contributed by atoms with Gasteiger partial charge in [0.15, 0.2) is 5.89 Å². The third kappa shape index (κ3) is 25.9. The molecule has 2 aliphatic carbocycles. The number of thiophene rings is 1. The number of allylic oxidation sites excluding steroid dienone is 3. The molecule has 4 atom stereocenters. The summed E-state index contributed by atoms with van der Waals surface area (Å²) in [6.07, 6.45) is 32.0. The summed E-state index contributed by atoms with van der Waals surface area (Å²) in [5.74, 6) is 0.770.